The molecule has 8 heterocycles. The maximum Gasteiger partial charge on any atom is 0.333 e. The van der Waals surface area contributed by atoms with Gasteiger partial charge in [0.05, 0.1) is 33.4 Å². The Kier molecular flexibility index (Phi) is 11.1. The second kappa shape index (κ2) is 20.9. The Balaban J connectivity index is 0.747. The van der Waals surface area contributed by atoms with Crippen LogP contribution in [0.1, 0.15) is 0 Å². The van der Waals surface area contributed by atoms with Crippen LogP contribution in [0.15, 0.2) is 352 Å². The minimum Gasteiger partial charge on any atom is -0.375 e. The van der Waals surface area contributed by atoms with E-state index in [1.165, 1.54) is 192 Å². The van der Waals surface area contributed by atoms with Crippen molar-refractivity contribution < 1.29 is 0 Å². The van der Waals surface area contributed by atoms with Crippen molar-refractivity contribution in [2.24, 2.45) is 0 Å². The summed E-state index contributed by atoms with van der Waals surface area (Å²) in [5.41, 5.74) is 31.6. The molecule has 18 aromatic carbocycles. The van der Waals surface area contributed by atoms with Crippen LogP contribution in [0.2, 0.25) is 0 Å². The van der Waals surface area contributed by atoms with Crippen molar-refractivity contribution in [2.45, 2.75) is 0 Å². The molecule has 0 unspecified atom stereocenters. The summed E-state index contributed by atoms with van der Waals surface area (Å²) >= 11 is 0. The first kappa shape index (κ1) is 57.3. The largest absolute Gasteiger partial charge is 0.375 e. The van der Waals surface area contributed by atoms with Gasteiger partial charge in [-0.1, -0.05) is 249 Å². The van der Waals surface area contributed by atoms with Crippen molar-refractivity contribution in [1.29, 1.82) is 0 Å². The third kappa shape index (κ3) is 7.38. The van der Waals surface area contributed by atoms with Crippen molar-refractivity contribution >= 4 is 200 Å². The van der Waals surface area contributed by atoms with Gasteiger partial charge in [-0.05, 0) is 190 Å². The van der Waals surface area contributed by atoms with E-state index in [4.69, 9.17) is 0 Å². The maximum atomic E-state index is 2.71. The van der Waals surface area contributed by atoms with Gasteiger partial charge in [0.2, 0.25) is 0 Å². The lowest BCUT2D eigenvalue weighted by Gasteiger charge is -2.41. The highest BCUT2D eigenvalue weighted by atomic mass is 15.2. The molecule has 108 heavy (non-hydrogen) atoms. The number of nitrogens with zero attached hydrogens (tertiary/aromatic N) is 6. The number of anilines is 6. The van der Waals surface area contributed by atoms with E-state index in [1.54, 1.807) is 0 Å². The summed E-state index contributed by atoms with van der Waals surface area (Å²) in [5.74, 6) is 0. The Morgan fingerprint density at radius 2 is 0.667 bits per heavy atom. The van der Waals surface area contributed by atoms with E-state index in [-0.39, 0.29) is 13.7 Å². The molecule has 6 nitrogen and oxygen atoms in total. The van der Waals surface area contributed by atoms with Gasteiger partial charge in [0.1, 0.15) is 0 Å². The van der Waals surface area contributed by atoms with E-state index in [1.807, 2.05) is 0 Å². The number of hydrogen-bond donors (Lipinski definition) is 0. The van der Waals surface area contributed by atoms with Crippen LogP contribution in [-0.2, 0) is 0 Å². The van der Waals surface area contributed by atoms with E-state index in [9.17, 15) is 0 Å². The molecule has 0 spiro atoms. The minimum atomic E-state index is -0.186. The second-order valence-corrected chi connectivity index (χ2v) is 30.2. The zero-order valence-corrected chi connectivity index (χ0v) is 58.3. The van der Waals surface area contributed by atoms with Crippen LogP contribution in [0, 0.1) is 0 Å². The van der Waals surface area contributed by atoms with Crippen LogP contribution in [0.3, 0.4) is 0 Å². The quantitative estimate of drug-likeness (QED) is 0.161. The summed E-state index contributed by atoms with van der Waals surface area (Å²) in [6, 6.07) is 134. The van der Waals surface area contributed by atoms with Gasteiger partial charge in [0.15, 0.2) is 0 Å². The second-order valence-electron chi connectivity index (χ2n) is 30.2. The lowest BCUT2D eigenvalue weighted by Crippen LogP contribution is -2.57. The molecular formula is C100H58B2N6. The van der Waals surface area contributed by atoms with Crippen molar-refractivity contribution in [3.8, 4) is 44.8 Å². The molecule has 4 aliphatic rings. The molecule has 494 valence electrons. The number of aromatic nitrogens is 4. The number of para-hydroxylation sites is 7. The van der Waals surface area contributed by atoms with E-state index < -0.39 is 0 Å². The fraction of sp³-hybridized carbons (Fsp3) is 0. The number of hydrogen-bond acceptors (Lipinski definition) is 2. The van der Waals surface area contributed by atoms with E-state index in [0.29, 0.717) is 0 Å². The molecule has 4 aliphatic heterocycles. The molecule has 0 aliphatic carbocycles. The highest BCUT2D eigenvalue weighted by Crippen LogP contribution is 2.55. The summed E-state index contributed by atoms with van der Waals surface area (Å²) in [5, 5.41) is 19.7. The van der Waals surface area contributed by atoms with Crippen LogP contribution in [0.5, 0.6) is 0 Å². The molecule has 0 N–H and O–H groups in total. The third-order valence-electron chi connectivity index (χ3n) is 24.9. The van der Waals surface area contributed by atoms with Crippen molar-refractivity contribution in [3.63, 3.8) is 0 Å². The fourth-order valence-electron chi connectivity index (χ4n) is 20.6. The van der Waals surface area contributed by atoms with Crippen LogP contribution >= 0.6 is 0 Å². The molecular weight excluding hydrogens is 1310 g/mol. The number of rotatable bonds is 5. The van der Waals surface area contributed by atoms with E-state index >= 15 is 0 Å². The lowest BCUT2D eigenvalue weighted by atomic mass is 9.44. The molecule has 22 aromatic rings. The average Bonchev–Trinajstić information content (AvgIpc) is 1.43. The van der Waals surface area contributed by atoms with Crippen molar-refractivity contribution in [1.82, 2.24) is 18.1 Å². The predicted molar refractivity (Wildman–Crippen MR) is 458 cm³/mol. The lowest BCUT2D eigenvalue weighted by molar-refractivity contribution is 1.18. The number of benzene rings is 18. The molecule has 0 saturated carbocycles. The summed E-state index contributed by atoms with van der Waals surface area (Å²) in [6.45, 7) is -0.339. The third-order valence-corrected chi connectivity index (χ3v) is 24.9. The highest BCUT2D eigenvalue weighted by Gasteiger charge is 2.48. The SMILES string of the molecule is c1ccc(-n2c3ccccc3c3c4c5c(cc32)-c2cccc3c6ccccc6n(c23)B5c2cc3cc(-c5ccc6c7c8c9c(cc7n(-c7ccccc7)c6c5)-c5cccc6c7ccccc7n(c56)B9c5c(ccc6ccccc56)N8c5ccc6ccccc6c5)ccc3cc2N4c2ccc3ccccc3c2)cc1. The number of fused-ring (bicyclic) bond motifs is 27. The van der Waals surface area contributed by atoms with E-state index in [2.05, 4.69) is 380 Å². The molecule has 0 fully saturated rings. The van der Waals surface area contributed by atoms with Gasteiger partial charge < -0.3 is 27.9 Å². The minimum absolute atomic E-state index is 0.153. The molecule has 0 radical (unpaired) electrons. The van der Waals surface area contributed by atoms with Gasteiger partial charge >= 0.3 is 13.7 Å². The van der Waals surface area contributed by atoms with Crippen LogP contribution in [-0.4, -0.2) is 31.8 Å². The topological polar surface area (TPSA) is 26.2 Å². The Morgan fingerprint density at radius 1 is 0.213 bits per heavy atom. The first-order chi connectivity index (χ1) is 53.6. The summed E-state index contributed by atoms with van der Waals surface area (Å²) in [6.07, 6.45) is 0. The van der Waals surface area contributed by atoms with Gasteiger partial charge in [-0.3, -0.25) is 0 Å². The zero-order valence-electron chi connectivity index (χ0n) is 58.3. The Hall–Kier alpha value is -14.1. The molecule has 26 rings (SSSR count). The molecule has 0 saturated heterocycles. The summed E-state index contributed by atoms with van der Waals surface area (Å²) < 4.78 is 10.5. The smallest absolute Gasteiger partial charge is 0.333 e. The summed E-state index contributed by atoms with van der Waals surface area (Å²) in [7, 11) is 0. The standard InChI is InChI=1S/C100H58B2N6/c1-3-26-68(27-4-1)103-84-38-16-15-33-79(84)92-90(103)57-81-77-36-19-34-75-73-31-13-17-39-85(73)107(97(75)77)101-83-54-67-51-64(41-42-66(67)56-89(83)106(99(92)95(81)101)71-48-44-60-22-8-10-25-63(60)53-71)65-45-49-80-88(55-65)104(69-28-5-2-6-29-69)91-58-82-78-37-20-35-76-74-32-14-18-40-86(74)108(98(76)78)102-94-72-30-12-11-23-61(72)46-50-87(94)105(100(93(80)91)96(82)102)70-47-43-59-21-7-9-24-62(59)52-70/h1-58H. The van der Waals surface area contributed by atoms with E-state index in [0.717, 1.165) is 39.4 Å². The highest BCUT2D eigenvalue weighted by molar-refractivity contribution is 6.92. The fourth-order valence-corrected chi connectivity index (χ4v) is 20.6. The van der Waals surface area contributed by atoms with Gasteiger partial charge in [0, 0.05) is 110 Å². The predicted octanol–water partition coefficient (Wildman–Crippen LogP) is 23.2. The first-order valence-electron chi connectivity index (χ1n) is 37.7. The molecule has 0 amide bonds. The maximum absolute atomic E-state index is 2.71. The van der Waals surface area contributed by atoms with Crippen molar-refractivity contribution in [3.05, 3.63) is 352 Å². The normalized spacial score (nSPS) is 13.3. The Morgan fingerprint density at radius 3 is 1.30 bits per heavy atom. The zero-order chi connectivity index (χ0) is 69.9. The Labute approximate surface area is 620 Å². The van der Waals surface area contributed by atoms with Gasteiger partial charge in [0.25, 0.3) is 0 Å². The molecule has 4 aromatic heterocycles. The van der Waals surface area contributed by atoms with Gasteiger partial charge in [-0.15, -0.1) is 0 Å². The van der Waals surface area contributed by atoms with Gasteiger partial charge in [-0.2, -0.15) is 0 Å². The van der Waals surface area contributed by atoms with Gasteiger partial charge in [-0.25, -0.2) is 0 Å². The molecule has 8 heteroatoms. The summed E-state index contributed by atoms with van der Waals surface area (Å²) in [4.78, 5) is 5.30. The van der Waals surface area contributed by atoms with Crippen LogP contribution in [0.25, 0.3) is 175 Å². The van der Waals surface area contributed by atoms with Crippen LogP contribution in [0.4, 0.5) is 34.1 Å². The monoisotopic (exact) mass is 1360 g/mol. The first-order valence-corrected chi connectivity index (χ1v) is 37.7. The van der Waals surface area contributed by atoms with Crippen LogP contribution < -0.4 is 31.7 Å². The molecule has 0 bridgehead atoms. The average molecular weight is 1370 g/mol. The van der Waals surface area contributed by atoms with Crippen molar-refractivity contribution in [2.75, 3.05) is 9.80 Å². The Bertz CT molecular complexity index is 7850. The molecule has 0 atom stereocenters.